The van der Waals surface area contributed by atoms with E-state index >= 15 is 0 Å². The van der Waals surface area contributed by atoms with Gasteiger partial charge in [-0.15, -0.1) is 0 Å². The van der Waals surface area contributed by atoms with Gasteiger partial charge in [0.05, 0.1) is 10.6 Å². The predicted molar refractivity (Wildman–Crippen MR) is 109 cm³/mol. The fourth-order valence-electron chi connectivity index (χ4n) is 3.48. The van der Waals surface area contributed by atoms with E-state index in [0.717, 1.165) is 30.5 Å². The number of carbonyl (C=O) groups is 1. The van der Waals surface area contributed by atoms with Crippen LogP contribution in [0.5, 0.6) is 5.75 Å². The van der Waals surface area contributed by atoms with Gasteiger partial charge < -0.3 is 9.47 Å². The maximum atomic E-state index is 13.2. The lowest BCUT2D eigenvalue weighted by molar-refractivity contribution is 0.0442. The number of sulfonamides is 1. The molecule has 8 nitrogen and oxygen atoms in total. The molecule has 0 unspecified atom stereocenters. The standard InChI is InChI=1S/C21H20FN3O5S/c22-14-4-6-15(7-5-14)25-19-3-1-2-18(19)20(24-25)21(26)30-13-12-29-16-8-10-17(11-9-16)31(23,27)28/h4-11H,1-3,12-13H2,(H2,23,27,28). The molecule has 4 rings (SSSR count). The van der Waals surface area contributed by atoms with Crippen LogP contribution in [0.25, 0.3) is 5.69 Å². The third-order valence-corrected chi connectivity index (χ3v) is 5.86. The average Bonchev–Trinajstić information content (AvgIpc) is 3.34. The topological polar surface area (TPSA) is 114 Å². The molecular weight excluding hydrogens is 425 g/mol. The van der Waals surface area contributed by atoms with Crippen molar-refractivity contribution in [1.29, 1.82) is 0 Å². The van der Waals surface area contributed by atoms with E-state index in [2.05, 4.69) is 5.10 Å². The van der Waals surface area contributed by atoms with Crippen LogP contribution >= 0.6 is 0 Å². The zero-order valence-electron chi connectivity index (χ0n) is 16.5. The highest BCUT2D eigenvalue weighted by molar-refractivity contribution is 7.89. The molecule has 0 saturated heterocycles. The minimum atomic E-state index is -3.76. The van der Waals surface area contributed by atoms with Gasteiger partial charge in [0.25, 0.3) is 0 Å². The highest BCUT2D eigenvalue weighted by Gasteiger charge is 2.27. The van der Waals surface area contributed by atoms with Crippen LogP contribution in [0, 0.1) is 5.82 Å². The van der Waals surface area contributed by atoms with Crippen LogP contribution in [0.15, 0.2) is 53.4 Å². The van der Waals surface area contributed by atoms with Crippen LogP contribution in [0.2, 0.25) is 0 Å². The highest BCUT2D eigenvalue weighted by Crippen LogP contribution is 2.28. The largest absolute Gasteiger partial charge is 0.490 e. The van der Waals surface area contributed by atoms with Crippen molar-refractivity contribution in [3.63, 3.8) is 0 Å². The Morgan fingerprint density at radius 3 is 2.45 bits per heavy atom. The highest BCUT2D eigenvalue weighted by atomic mass is 32.2. The minimum Gasteiger partial charge on any atom is -0.490 e. The van der Waals surface area contributed by atoms with Gasteiger partial charge in [0.1, 0.15) is 24.8 Å². The van der Waals surface area contributed by atoms with E-state index in [-0.39, 0.29) is 29.6 Å². The first-order valence-electron chi connectivity index (χ1n) is 9.62. The molecule has 0 bridgehead atoms. The van der Waals surface area contributed by atoms with E-state index in [0.29, 0.717) is 11.4 Å². The molecule has 1 aromatic heterocycles. The summed E-state index contributed by atoms with van der Waals surface area (Å²) in [6, 6.07) is 11.5. The van der Waals surface area contributed by atoms with Crippen molar-refractivity contribution in [1.82, 2.24) is 9.78 Å². The van der Waals surface area contributed by atoms with Crippen molar-refractivity contribution in [2.45, 2.75) is 24.2 Å². The molecule has 3 aromatic rings. The number of halogens is 1. The second-order valence-electron chi connectivity index (χ2n) is 7.02. The summed E-state index contributed by atoms with van der Waals surface area (Å²) >= 11 is 0. The number of nitrogens with two attached hydrogens (primary N) is 1. The third kappa shape index (κ3) is 4.59. The van der Waals surface area contributed by atoms with E-state index in [9.17, 15) is 17.6 Å². The maximum absolute atomic E-state index is 13.2. The molecule has 1 aliphatic rings. The lowest BCUT2D eigenvalue weighted by atomic mass is 10.2. The number of hydrogen-bond acceptors (Lipinski definition) is 6. The quantitative estimate of drug-likeness (QED) is 0.441. The van der Waals surface area contributed by atoms with Gasteiger partial charge in [-0.25, -0.2) is 27.4 Å². The number of fused-ring (bicyclic) bond motifs is 1. The van der Waals surface area contributed by atoms with Gasteiger partial charge in [-0.3, -0.25) is 0 Å². The van der Waals surface area contributed by atoms with E-state index in [1.165, 1.54) is 36.4 Å². The van der Waals surface area contributed by atoms with Crippen molar-refractivity contribution >= 4 is 16.0 Å². The Kier molecular flexibility index (Phi) is 5.75. The Morgan fingerprint density at radius 1 is 1.06 bits per heavy atom. The van der Waals surface area contributed by atoms with Crippen LogP contribution < -0.4 is 9.88 Å². The average molecular weight is 445 g/mol. The molecule has 10 heteroatoms. The predicted octanol–water partition coefficient (Wildman–Crippen LogP) is 2.38. The van der Waals surface area contributed by atoms with Crippen LogP contribution in [0.3, 0.4) is 0 Å². The lowest BCUT2D eigenvalue weighted by Gasteiger charge is -2.08. The van der Waals surface area contributed by atoms with E-state index in [4.69, 9.17) is 14.6 Å². The second-order valence-corrected chi connectivity index (χ2v) is 8.58. The number of hydrogen-bond donors (Lipinski definition) is 1. The van der Waals surface area contributed by atoms with Gasteiger partial charge in [0.15, 0.2) is 5.69 Å². The zero-order chi connectivity index (χ0) is 22.0. The fraction of sp³-hybridized carbons (Fsp3) is 0.238. The number of aromatic nitrogens is 2. The summed E-state index contributed by atoms with van der Waals surface area (Å²) in [6.07, 6.45) is 2.42. The first-order valence-corrected chi connectivity index (χ1v) is 11.2. The smallest absolute Gasteiger partial charge is 0.359 e. The SMILES string of the molecule is NS(=O)(=O)c1ccc(OCCOC(=O)c2nn(-c3ccc(F)cc3)c3c2CCC3)cc1. The number of carbonyl (C=O) groups excluding carboxylic acids is 1. The minimum absolute atomic E-state index is 0.00600. The molecular formula is C21H20FN3O5S. The van der Waals surface area contributed by atoms with E-state index < -0.39 is 16.0 Å². The number of esters is 1. The summed E-state index contributed by atoms with van der Waals surface area (Å²) < 4.78 is 48.2. The van der Waals surface area contributed by atoms with Crippen molar-refractivity contribution in [2.24, 2.45) is 5.14 Å². The van der Waals surface area contributed by atoms with Crippen molar-refractivity contribution in [2.75, 3.05) is 13.2 Å². The summed E-state index contributed by atoms with van der Waals surface area (Å²) in [4.78, 5) is 12.6. The van der Waals surface area contributed by atoms with Gasteiger partial charge in [-0.2, -0.15) is 5.10 Å². The molecule has 0 atom stereocenters. The van der Waals surface area contributed by atoms with Gasteiger partial charge in [-0.1, -0.05) is 0 Å². The van der Waals surface area contributed by atoms with Crippen LogP contribution in [0.4, 0.5) is 4.39 Å². The first-order chi connectivity index (χ1) is 14.8. The molecule has 1 heterocycles. The molecule has 0 saturated carbocycles. The van der Waals surface area contributed by atoms with Crippen molar-refractivity contribution < 1.29 is 27.1 Å². The van der Waals surface area contributed by atoms with Gasteiger partial charge in [0.2, 0.25) is 10.0 Å². The lowest BCUT2D eigenvalue weighted by Crippen LogP contribution is -2.14. The molecule has 162 valence electrons. The summed E-state index contributed by atoms with van der Waals surface area (Å²) in [5.74, 6) is -0.469. The molecule has 0 radical (unpaired) electrons. The molecule has 1 aliphatic carbocycles. The number of ether oxygens (including phenoxy) is 2. The fourth-order valence-corrected chi connectivity index (χ4v) is 4.00. The Bertz CT molecular complexity index is 1210. The maximum Gasteiger partial charge on any atom is 0.359 e. The van der Waals surface area contributed by atoms with E-state index in [1.807, 2.05) is 0 Å². The monoisotopic (exact) mass is 445 g/mol. The second kappa shape index (κ2) is 8.48. The molecule has 0 spiro atoms. The summed E-state index contributed by atoms with van der Waals surface area (Å²) in [5, 5.41) is 9.46. The van der Waals surface area contributed by atoms with Crippen molar-refractivity contribution in [3.8, 4) is 11.4 Å². The van der Waals surface area contributed by atoms with Crippen LogP contribution in [-0.2, 0) is 27.6 Å². The van der Waals surface area contributed by atoms with Crippen molar-refractivity contribution in [3.05, 3.63) is 71.3 Å². The Hall–Kier alpha value is -3.24. The van der Waals surface area contributed by atoms with Crippen LogP contribution in [-0.4, -0.2) is 37.4 Å². The Balaban J connectivity index is 1.38. The van der Waals surface area contributed by atoms with Gasteiger partial charge in [-0.05, 0) is 67.8 Å². The van der Waals surface area contributed by atoms with Gasteiger partial charge >= 0.3 is 5.97 Å². The number of rotatable bonds is 7. The summed E-state index contributed by atoms with van der Waals surface area (Å²) in [6.45, 7) is 0.0786. The number of primary sulfonamides is 1. The molecule has 2 aromatic carbocycles. The van der Waals surface area contributed by atoms with Gasteiger partial charge in [0, 0.05) is 11.3 Å². The van der Waals surface area contributed by atoms with Crippen LogP contribution in [0.1, 0.15) is 28.2 Å². The Morgan fingerprint density at radius 2 is 1.77 bits per heavy atom. The normalized spacial score (nSPS) is 13.1. The van der Waals surface area contributed by atoms with E-state index in [1.54, 1.807) is 16.8 Å². The molecule has 31 heavy (non-hydrogen) atoms. The Labute approximate surface area is 178 Å². The zero-order valence-corrected chi connectivity index (χ0v) is 17.3. The summed E-state index contributed by atoms with van der Waals surface area (Å²) in [5.41, 5.74) is 2.73. The number of benzene rings is 2. The molecule has 0 fully saturated rings. The number of nitrogens with zero attached hydrogens (tertiary/aromatic N) is 2. The molecule has 0 amide bonds. The summed E-state index contributed by atoms with van der Waals surface area (Å²) in [7, 11) is -3.76. The molecule has 0 aliphatic heterocycles. The first kappa shape index (κ1) is 21.0. The third-order valence-electron chi connectivity index (χ3n) is 4.93. The molecule has 2 N–H and O–H groups in total.